The summed E-state index contributed by atoms with van der Waals surface area (Å²) >= 11 is 6.55. The summed E-state index contributed by atoms with van der Waals surface area (Å²) < 4.78 is 11.4. The third-order valence-corrected chi connectivity index (χ3v) is 6.92. The third kappa shape index (κ3) is 4.93. The number of carbonyl (C=O) groups excluding carboxylic acids is 1. The van der Waals surface area contributed by atoms with Crippen LogP contribution in [0.1, 0.15) is 56.7 Å². The summed E-state index contributed by atoms with van der Waals surface area (Å²) in [6.07, 6.45) is 1.31. The molecule has 5 nitrogen and oxygen atoms in total. The molecule has 0 amide bonds. The van der Waals surface area contributed by atoms with E-state index in [1.807, 2.05) is 75.4 Å². The molecule has 2 atom stereocenters. The summed E-state index contributed by atoms with van der Waals surface area (Å²) in [5, 5.41) is 7.73. The molecule has 2 aliphatic rings. The Balaban J connectivity index is 1.52. The molecule has 36 heavy (non-hydrogen) atoms. The van der Waals surface area contributed by atoms with E-state index < -0.39 is 0 Å². The first-order valence-electron chi connectivity index (χ1n) is 12.5. The largest absolute Gasteiger partial charge is 0.492 e. The van der Waals surface area contributed by atoms with Gasteiger partial charge in [-0.1, -0.05) is 41.9 Å². The van der Waals surface area contributed by atoms with Crippen molar-refractivity contribution in [3.05, 3.63) is 94.1 Å². The molecule has 1 aliphatic carbocycles. The number of ketones is 1. The SMILES string of the molecule is CCOc1ccc(C2Nc3ccccc3NC3=C2C(=O)CC(c2ccc(OC(C)C)cc2)C3)cc1Cl. The maximum atomic E-state index is 13.7. The highest BCUT2D eigenvalue weighted by molar-refractivity contribution is 6.32. The predicted molar refractivity (Wildman–Crippen MR) is 145 cm³/mol. The summed E-state index contributed by atoms with van der Waals surface area (Å²) in [5.74, 6) is 1.70. The molecular weight excluding hydrogens is 472 g/mol. The summed E-state index contributed by atoms with van der Waals surface area (Å²) in [4.78, 5) is 13.7. The minimum absolute atomic E-state index is 0.0895. The van der Waals surface area contributed by atoms with E-state index in [1.165, 1.54) is 0 Å². The Bertz CT molecular complexity index is 1300. The molecule has 0 bridgehead atoms. The maximum Gasteiger partial charge on any atom is 0.163 e. The van der Waals surface area contributed by atoms with Gasteiger partial charge in [0.05, 0.1) is 35.2 Å². The number of para-hydroxylation sites is 2. The van der Waals surface area contributed by atoms with Crippen molar-refractivity contribution in [3.8, 4) is 11.5 Å². The molecule has 2 unspecified atom stereocenters. The number of carbonyl (C=O) groups is 1. The van der Waals surface area contributed by atoms with E-state index in [2.05, 4.69) is 22.8 Å². The normalized spacial score (nSPS) is 19.1. The number of Topliss-reactive ketones (excluding diaryl/α,β-unsaturated/α-hetero) is 1. The summed E-state index contributed by atoms with van der Waals surface area (Å²) in [6, 6.07) is 21.6. The topological polar surface area (TPSA) is 59.6 Å². The van der Waals surface area contributed by atoms with Gasteiger partial charge in [-0.15, -0.1) is 0 Å². The van der Waals surface area contributed by atoms with E-state index >= 15 is 0 Å². The van der Waals surface area contributed by atoms with Crippen molar-refractivity contribution >= 4 is 28.8 Å². The first kappa shape index (κ1) is 24.3. The molecule has 0 fully saturated rings. The van der Waals surface area contributed by atoms with Gasteiger partial charge in [-0.25, -0.2) is 0 Å². The number of hydrogen-bond donors (Lipinski definition) is 2. The van der Waals surface area contributed by atoms with Crippen LogP contribution in [0.2, 0.25) is 5.02 Å². The molecule has 5 rings (SSSR count). The number of nitrogens with one attached hydrogen (secondary N) is 2. The second-order valence-electron chi connectivity index (χ2n) is 9.53. The Morgan fingerprint density at radius 1 is 0.972 bits per heavy atom. The number of fused-ring (bicyclic) bond motifs is 1. The lowest BCUT2D eigenvalue weighted by Crippen LogP contribution is -2.26. The average molecular weight is 503 g/mol. The monoisotopic (exact) mass is 502 g/mol. The van der Waals surface area contributed by atoms with Gasteiger partial charge >= 0.3 is 0 Å². The molecule has 3 aromatic rings. The summed E-state index contributed by atoms with van der Waals surface area (Å²) in [6.45, 7) is 6.50. The highest BCUT2D eigenvalue weighted by atomic mass is 35.5. The number of benzene rings is 3. The zero-order valence-corrected chi connectivity index (χ0v) is 21.6. The number of allylic oxidation sites excluding steroid dienone is 1. The zero-order chi connectivity index (χ0) is 25.2. The Labute approximate surface area is 217 Å². The first-order valence-corrected chi connectivity index (χ1v) is 12.9. The van der Waals surface area contributed by atoms with Gasteiger partial charge in [-0.3, -0.25) is 4.79 Å². The van der Waals surface area contributed by atoms with Gasteiger partial charge in [0.25, 0.3) is 0 Å². The van der Waals surface area contributed by atoms with E-state index in [9.17, 15) is 4.79 Å². The van der Waals surface area contributed by atoms with Gasteiger partial charge in [0.1, 0.15) is 11.5 Å². The lowest BCUT2D eigenvalue weighted by atomic mass is 9.78. The highest BCUT2D eigenvalue weighted by Crippen LogP contribution is 2.45. The van der Waals surface area contributed by atoms with Crippen molar-refractivity contribution in [2.75, 3.05) is 17.2 Å². The van der Waals surface area contributed by atoms with Crippen molar-refractivity contribution in [3.63, 3.8) is 0 Å². The average Bonchev–Trinajstić information content (AvgIpc) is 3.02. The van der Waals surface area contributed by atoms with E-state index in [0.29, 0.717) is 23.8 Å². The quantitative estimate of drug-likeness (QED) is 0.365. The molecule has 1 aliphatic heterocycles. The van der Waals surface area contributed by atoms with Crippen molar-refractivity contribution in [1.29, 1.82) is 0 Å². The Kier molecular flexibility index (Phi) is 6.92. The second-order valence-corrected chi connectivity index (χ2v) is 9.93. The van der Waals surface area contributed by atoms with Gasteiger partial charge < -0.3 is 20.1 Å². The zero-order valence-electron chi connectivity index (χ0n) is 20.8. The lowest BCUT2D eigenvalue weighted by Gasteiger charge is -2.30. The van der Waals surface area contributed by atoms with Crippen LogP contribution in [0.5, 0.6) is 11.5 Å². The van der Waals surface area contributed by atoms with E-state index in [4.69, 9.17) is 21.1 Å². The van der Waals surface area contributed by atoms with Crippen LogP contribution >= 0.6 is 11.6 Å². The number of ether oxygens (including phenoxy) is 2. The number of halogens is 1. The minimum Gasteiger partial charge on any atom is -0.492 e. The van der Waals surface area contributed by atoms with Crippen LogP contribution in [-0.4, -0.2) is 18.5 Å². The van der Waals surface area contributed by atoms with Crippen LogP contribution in [0.4, 0.5) is 11.4 Å². The standard InChI is InChI=1S/C30H31ClN2O3/c1-4-35-28-14-11-20(15-23(28)31)30-29-26(32-24-7-5-6-8-25(24)33-30)16-21(17-27(29)34)19-9-12-22(13-10-19)36-18(2)3/h5-15,18,21,30,32-33H,4,16-17H2,1-3H3. The Hall–Kier alpha value is -3.44. The van der Waals surface area contributed by atoms with E-state index in [-0.39, 0.29) is 23.8 Å². The van der Waals surface area contributed by atoms with Crippen molar-refractivity contribution in [1.82, 2.24) is 0 Å². The van der Waals surface area contributed by atoms with Crippen LogP contribution in [0.3, 0.4) is 0 Å². The van der Waals surface area contributed by atoms with Gasteiger partial charge in [0.2, 0.25) is 0 Å². The lowest BCUT2D eigenvalue weighted by molar-refractivity contribution is -0.116. The molecule has 0 aromatic heterocycles. The molecule has 1 heterocycles. The summed E-state index contributed by atoms with van der Waals surface area (Å²) in [5.41, 5.74) is 5.68. The van der Waals surface area contributed by atoms with Crippen LogP contribution in [-0.2, 0) is 4.79 Å². The summed E-state index contributed by atoms with van der Waals surface area (Å²) in [7, 11) is 0. The maximum absolute atomic E-state index is 13.7. The van der Waals surface area contributed by atoms with Crippen molar-refractivity contribution in [2.24, 2.45) is 0 Å². The van der Waals surface area contributed by atoms with Gasteiger partial charge in [-0.05, 0) is 80.6 Å². The molecule has 6 heteroatoms. The molecule has 0 radical (unpaired) electrons. The van der Waals surface area contributed by atoms with Gasteiger partial charge in [0.15, 0.2) is 5.78 Å². The van der Waals surface area contributed by atoms with Crippen LogP contribution in [0.15, 0.2) is 78.0 Å². The number of rotatable bonds is 6. The van der Waals surface area contributed by atoms with Gasteiger partial charge in [-0.2, -0.15) is 0 Å². The van der Waals surface area contributed by atoms with Crippen molar-refractivity contribution in [2.45, 2.75) is 51.7 Å². The van der Waals surface area contributed by atoms with Gasteiger partial charge in [0, 0.05) is 17.7 Å². The molecule has 0 spiro atoms. The fourth-order valence-corrected chi connectivity index (χ4v) is 5.28. The second kappa shape index (κ2) is 10.3. The van der Waals surface area contributed by atoms with Crippen LogP contribution in [0.25, 0.3) is 0 Å². The molecule has 2 N–H and O–H groups in total. The fraction of sp³-hybridized carbons (Fsp3) is 0.300. The third-order valence-electron chi connectivity index (χ3n) is 6.62. The Morgan fingerprint density at radius 3 is 2.39 bits per heavy atom. The molecular formula is C30H31ClN2O3. The molecule has 3 aromatic carbocycles. The van der Waals surface area contributed by atoms with Crippen LogP contribution < -0.4 is 20.1 Å². The number of anilines is 2. The molecule has 0 saturated heterocycles. The Morgan fingerprint density at radius 2 is 1.69 bits per heavy atom. The predicted octanol–water partition coefficient (Wildman–Crippen LogP) is 7.51. The van der Waals surface area contributed by atoms with Crippen molar-refractivity contribution < 1.29 is 14.3 Å². The van der Waals surface area contributed by atoms with Crippen LogP contribution in [0, 0.1) is 0 Å². The minimum atomic E-state index is -0.320. The van der Waals surface area contributed by atoms with E-state index in [0.717, 1.165) is 45.9 Å². The molecule has 186 valence electrons. The highest BCUT2D eigenvalue weighted by Gasteiger charge is 2.36. The fourth-order valence-electron chi connectivity index (χ4n) is 5.04. The first-order chi connectivity index (χ1) is 17.4. The molecule has 0 saturated carbocycles. The number of hydrogen-bond acceptors (Lipinski definition) is 5. The van der Waals surface area contributed by atoms with E-state index in [1.54, 1.807) is 0 Å². The smallest absolute Gasteiger partial charge is 0.163 e.